The van der Waals surface area contributed by atoms with Gasteiger partial charge in [0.2, 0.25) is 5.91 Å². The zero-order chi connectivity index (χ0) is 17.5. The van der Waals surface area contributed by atoms with Crippen LogP contribution in [0, 0.1) is 10.1 Å². The standard InChI is InChI=1S/C16H15N3O5/c1-24-14-5-2-11(3-6-14)8-16(21)18-17-10-12-9-13(19(22)23)4-7-15(12)20/h2-7,9-10,20H,8H2,1H3,(H,18,21)/b17-10+. The van der Waals surface area contributed by atoms with Gasteiger partial charge in [-0.05, 0) is 23.8 Å². The van der Waals surface area contributed by atoms with E-state index in [1.165, 1.54) is 12.1 Å². The van der Waals surface area contributed by atoms with Crippen molar-refractivity contribution >= 4 is 17.8 Å². The molecule has 0 heterocycles. The monoisotopic (exact) mass is 329 g/mol. The van der Waals surface area contributed by atoms with E-state index in [9.17, 15) is 20.0 Å². The number of rotatable bonds is 6. The van der Waals surface area contributed by atoms with Gasteiger partial charge in [0, 0.05) is 17.7 Å². The summed E-state index contributed by atoms with van der Waals surface area (Å²) >= 11 is 0. The van der Waals surface area contributed by atoms with Crippen LogP contribution in [0.15, 0.2) is 47.6 Å². The van der Waals surface area contributed by atoms with E-state index in [1.54, 1.807) is 31.4 Å². The molecule has 0 bridgehead atoms. The number of nitrogens with one attached hydrogen (secondary N) is 1. The number of phenolic OH excluding ortho intramolecular Hbond substituents is 1. The molecule has 24 heavy (non-hydrogen) atoms. The Morgan fingerprint density at radius 3 is 2.67 bits per heavy atom. The average molecular weight is 329 g/mol. The van der Waals surface area contributed by atoms with Crippen molar-refractivity contribution in [1.29, 1.82) is 0 Å². The van der Waals surface area contributed by atoms with Crippen LogP contribution in [0.25, 0.3) is 0 Å². The molecule has 2 aromatic carbocycles. The van der Waals surface area contributed by atoms with Crippen LogP contribution in [0.5, 0.6) is 11.5 Å². The van der Waals surface area contributed by atoms with Crippen LogP contribution in [0.1, 0.15) is 11.1 Å². The number of hydrogen-bond donors (Lipinski definition) is 2. The van der Waals surface area contributed by atoms with E-state index in [4.69, 9.17) is 4.74 Å². The van der Waals surface area contributed by atoms with E-state index in [0.717, 1.165) is 17.8 Å². The lowest BCUT2D eigenvalue weighted by Gasteiger charge is -2.03. The number of carbonyl (C=O) groups excluding carboxylic acids is 1. The second-order valence-corrected chi connectivity index (χ2v) is 4.82. The van der Waals surface area contributed by atoms with Crippen LogP contribution in [0.4, 0.5) is 5.69 Å². The second-order valence-electron chi connectivity index (χ2n) is 4.82. The molecular weight excluding hydrogens is 314 g/mol. The highest BCUT2D eigenvalue weighted by molar-refractivity contribution is 5.86. The van der Waals surface area contributed by atoms with Crippen LogP contribution < -0.4 is 10.2 Å². The Morgan fingerprint density at radius 2 is 2.04 bits per heavy atom. The predicted octanol–water partition coefficient (Wildman–Crippen LogP) is 2.00. The summed E-state index contributed by atoms with van der Waals surface area (Å²) in [4.78, 5) is 21.9. The van der Waals surface area contributed by atoms with Crippen molar-refractivity contribution in [2.75, 3.05) is 7.11 Å². The van der Waals surface area contributed by atoms with Gasteiger partial charge in [0.05, 0.1) is 24.7 Å². The number of amides is 1. The molecule has 8 nitrogen and oxygen atoms in total. The Balaban J connectivity index is 1.96. The molecule has 0 aliphatic rings. The molecule has 0 unspecified atom stereocenters. The number of non-ortho nitro benzene ring substituents is 1. The number of methoxy groups -OCH3 is 1. The van der Waals surface area contributed by atoms with Gasteiger partial charge in [0.15, 0.2) is 0 Å². The maximum atomic E-state index is 11.8. The normalized spacial score (nSPS) is 10.5. The van der Waals surface area contributed by atoms with E-state index < -0.39 is 4.92 Å². The Morgan fingerprint density at radius 1 is 1.33 bits per heavy atom. The van der Waals surface area contributed by atoms with E-state index >= 15 is 0 Å². The molecule has 2 aromatic rings. The highest BCUT2D eigenvalue weighted by Crippen LogP contribution is 2.21. The number of hydrogen-bond acceptors (Lipinski definition) is 6. The van der Waals surface area contributed by atoms with Crippen molar-refractivity contribution in [3.63, 3.8) is 0 Å². The Hall–Kier alpha value is -3.42. The average Bonchev–Trinajstić information content (AvgIpc) is 2.57. The largest absolute Gasteiger partial charge is 0.507 e. The summed E-state index contributed by atoms with van der Waals surface area (Å²) in [5.74, 6) is 0.161. The smallest absolute Gasteiger partial charge is 0.270 e. The predicted molar refractivity (Wildman–Crippen MR) is 87.2 cm³/mol. The third-order valence-electron chi connectivity index (χ3n) is 3.14. The van der Waals surface area contributed by atoms with Crippen LogP contribution in [-0.2, 0) is 11.2 Å². The first-order valence-electron chi connectivity index (χ1n) is 6.92. The molecule has 0 spiro atoms. The topological polar surface area (TPSA) is 114 Å². The summed E-state index contributed by atoms with van der Waals surface area (Å²) in [5.41, 5.74) is 3.03. The quantitative estimate of drug-likeness (QED) is 0.478. The van der Waals surface area contributed by atoms with E-state index in [0.29, 0.717) is 5.75 Å². The summed E-state index contributed by atoms with van der Waals surface area (Å²) in [6.45, 7) is 0. The number of phenols is 1. The van der Waals surface area contributed by atoms with Gasteiger partial charge in [0.1, 0.15) is 11.5 Å². The molecule has 0 saturated carbocycles. The van der Waals surface area contributed by atoms with Gasteiger partial charge < -0.3 is 9.84 Å². The van der Waals surface area contributed by atoms with Crippen molar-refractivity contribution in [3.05, 3.63) is 63.7 Å². The zero-order valence-electron chi connectivity index (χ0n) is 12.8. The number of nitro benzene ring substituents is 1. The van der Waals surface area contributed by atoms with Crippen molar-refractivity contribution in [2.45, 2.75) is 6.42 Å². The highest BCUT2D eigenvalue weighted by atomic mass is 16.6. The fourth-order valence-corrected chi connectivity index (χ4v) is 1.90. The summed E-state index contributed by atoms with van der Waals surface area (Å²) in [5, 5.41) is 24.0. The van der Waals surface area contributed by atoms with Gasteiger partial charge in [-0.1, -0.05) is 12.1 Å². The number of nitro groups is 1. The van der Waals surface area contributed by atoms with Crippen molar-refractivity contribution < 1.29 is 19.6 Å². The molecule has 0 saturated heterocycles. The van der Waals surface area contributed by atoms with Crippen molar-refractivity contribution in [3.8, 4) is 11.5 Å². The number of hydrazone groups is 1. The van der Waals surface area contributed by atoms with Crippen LogP contribution in [-0.4, -0.2) is 29.3 Å². The molecule has 0 radical (unpaired) electrons. The van der Waals surface area contributed by atoms with Crippen molar-refractivity contribution in [2.24, 2.45) is 5.10 Å². The minimum atomic E-state index is -0.584. The van der Waals surface area contributed by atoms with Gasteiger partial charge in [-0.2, -0.15) is 5.10 Å². The molecular formula is C16H15N3O5. The highest BCUT2D eigenvalue weighted by Gasteiger charge is 2.09. The van der Waals surface area contributed by atoms with Gasteiger partial charge in [-0.15, -0.1) is 0 Å². The van der Waals surface area contributed by atoms with Crippen LogP contribution in [0.3, 0.4) is 0 Å². The number of carbonyl (C=O) groups is 1. The van der Waals surface area contributed by atoms with E-state index in [2.05, 4.69) is 10.5 Å². The van der Waals surface area contributed by atoms with E-state index in [1.807, 2.05) is 0 Å². The maximum absolute atomic E-state index is 11.8. The minimum absolute atomic E-state index is 0.113. The molecule has 0 fully saturated rings. The van der Waals surface area contributed by atoms with Gasteiger partial charge >= 0.3 is 0 Å². The fourth-order valence-electron chi connectivity index (χ4n) is 1.90. The lowest BCUT2D eigenvalue weighted by atomic mass is 10.1. The summed E-state index contributed by atoms with van der Waals surface area (Å²) in [6.07, 6.45) is 1.26. The van der Waals surface area contributed by atoms with Crippen molar-refractivity contribution in [1.82, 2.24) is 5.43 Å². The Bertz CT molecular complexity index is 772. The summed E-state index contributed by atoms with van der Waals surface area (Å²) in [7, 11) is 1.56. The SMILES string of the molecule is COc1ccc(CC(=O)N/N=C/c2cc([N+](=O)[O-])ccc2O)cc1. The first-order valence-corrected chi connectivity index (χ1v) is 6.92. The lowest BCUT2D eigenvalue weighted by Crippen LogP contribution is -2.19. The summed E-state index contributed by atoms with van der Waals surface area (Å²) in [6, 6.07) is 10.5. The molecule has 2 N–H and O–H groups in total. The molecule has 8 heteroatoms. The number of nitrogens with zero attached hydrogens (tertiary/aromatic N) is 2. The zero-order valence-corrected chi connectivity index (χ0v) is 12.8. The lowest BCUT2D eigenvalue weighted by molar-refractivity contribution is -0.384. The van der Waals surface area contributed by atoms with E-state index in [-0.39, 0.29) is 29.3 Å². The first-order chi connectivity index (χ1) is 11.5. The fraction of sp³-hybridized carbons (Fsp3) is 0.125. The molecule has 2 rings (SSSR count). The second kappa shape index (κ2) is 7.73. The third kappa shape index (κ3) is 4.54. The Kier molecular flexibility index (Phi) is 5.45. The van der Waals surface area contributed by atoms with Gasteiger partial charge in [-0.3, -0.25) is 14.9 Å². The minimum Gasteiger partial charge on any atom is -0.507 e. The molecule has 0 atom stereocenters. The number of benzene rings is 2. The molecule has 1 amide bonds. The first kappa shape index (κ1) is 16.9. The molecule has 0 aromatic heterocycles. The number of aromatic hydroxyl groups is 1. The van der Waals surface area contributed by atoms with Crippen LogP contribution >= 0.6 is 0 Å². The van der Waals surface area contributed by atoms with Crippen LogP contribution in [0.2, 0.25) is 0 Å². The molecule has 124 valence electrons. The molecule has 0 aliphatic carbocycles. The van der Waals surface area contributed by atoms with Gasteiger partial charge in [-0.25, -0.2) is 5.43 Å². The third-order valence-corrected chi connectivity index (χ3v) is 3.14. The summed E-state index contributed by atoms with van der Waals surface area (Å²) < 4.78 is 5.03. The molecule has 0 aliphatic heterocycles. The van der Waals surface area contributed by atoms with Gasteiger partial charge in [0.25, 0.3) is 5.69 Å². The number of ether oxygens (including phenoxy) is 1. The maximum Gasteiger partial charge on any atom is 0.270 e. The Labute approximate surface area is 137 Å².